The van der Waals surface area contributed by atoms with Crippen molar-refractivity contribution in [3.63, 3.8) is 0 Å². The molecule has 0 aliphatic rings. The summed E-state index contributed by atoms with van der Waals surface area (Å²) in [6, 6.07) is 7.30. The molecule has 0 aliphatic heterocycles. The second kappa shape index (κ2) is 3.88. The zero-order chi connectivity index (χ0) is 12.7. The SMILES string of the molecule is c1cnc2oc(Cc3nc4ncccc4o3)nc2c1. The van der Waals surface area contributed by atoms with Crippen LogP contribution in [0.15, 0.2) is 45.5 Å². The quantitative estimate of drug-likeness (QED) is 0.545. The third-order valence-electron chi connectivity index (χ3n) is 2.72. The molecule has 0 bridgehead atoms. The minimum absolute atomic E-state index is 0.382. The van der Waals surface area contributed by atoms with Crippen LogP contribution < -0.4 is 0 Å². The van der Waals surface area contributed by atoms with Crippen molar-refractivity contribution in [2.24, 2.45) is 0 Å². The maximum Gasteiger partial charge on any atom is 0.246 e. The first-order chi connectivity index (χ1) is 9.38. The van der Waals surface area contributed by atoms with Crippen LogP contribution in [0.3, 0.4) is 0 Å². The highest BCUT2D eigenvalue weighted by atomic mass is 16.4. The lowest BCUT2D eigenvalue weighted by molar-refractivity contribution is 0.485. The Hall–Kier alpha value is -2.76. The van der Waals surface area contributed by atoms with Crippen molar-refractivity contribution in [1.29, 1.82) is 0 Å². The number of oxazole rings is 2. The van der Waals surface area contributed by atoms with Crippen LogP contribution in [-0.4, -0.2) is 19.9 Å². The smallest absolute Gasteiger partial charge is 0.246 e. The molecule has 0 atom stereocenters. The summed E-state index contributed by atoms with van der Waals surface area (Å²) in [5.74, 6) is 1.06. The fourth-order valence-corrected chi connectivity index (χ4v) is 1.91. The van der Waals surface area contributed by atoms with Gasteiger partial charge in [-0.3, -0.25) is 0 Å². The Morgan fingerprint density at radius 3 is 2.63 bits per heavy atom. The normalized spacial score (nSPS) is 11.4. The molecule has 0 aromatic carbocycles. The molecule has 6 heteroatoms. The number of hydrogen-bond donors (Lipinski definition) is 0. The van der Waals surface area contributed by atoms with E-state index >= 15 is 0 Å². The molecule has 0 N–H and O–H groups in total. The maximum absolute atomic E-state index is 5.57. The van der Waals surface area contributed by atoms with Gasteiger partial charge in [0.1, 0.15) is 11.9 Å². The minimum Gasteiger partial charge on any atom is -0.438 e. The van der Waals surface area contributed by atoms with Gasteiger partial charge >= 0.3 is 0 Å². The van der Waals surface area contributed by atoms with Gasteiger partial charge in [-0.25, -0.2) is 15.0 Å². The zero-order valence-electron chi connectivity index (χ0n) is 9.78. The molecule has 4 aromatic rings. The molecular weight excluding hydrogens is 244 g/mol. The van der Waals surface area contributed by atoms with E-state index in [4.69, 9.17) is 8.83 Å². The van der Waals surface area contributed by atoms with Crippen molar-refractivity contribution in [3.05, 3.63) is 48.4 Å². The Kier molecular flexibility index (Phi) is 2.08. The molecule has 92 valence electrons. The molecule has 0 saturated carbocycles. The summed E-state index contributed by atoms with van der Waals surface area (Å²) in [6.45, 7) is 0. The van der Waals surface area contributed by atoms with Gasteiger partial charge in [0.05, 0.1) is 0 Å². The molecule has 0 spiro atoms. The van der Waals surface area contributed by atoms with Crippen LogP contribution in [0, 0.1) is 0 Å². The highest BCUT2D eigenvalue weighted by molar-refractivity contribution is 5.68. The third kappa shape index (κ3) is 1.74. The largest absolute Gasteiger partial charge is 0.438 e. The van der Waals surface area contributed by atoms with E-state index in [0.717, 1.165) is 5.52 Å². The van der Waals surface area contributed by atoms with Gasteiger partial charge in [-0.15, -0.1) is 0 Å². The summed E-state index contributed by atoms with van der Waals surface area (Å²) in [5.41, 5.74) is 2.50. The summed E-state index contributed by atoms with van der Waals surface area (Å²) in [7, 11) is 0. The van der Waals surface area contributed by atoms with E-state index in [2.05, 4.69) is 19.9 Å². The molecule has 6 nitrogen and oxygen atoms in total. The van der Waals surface area contributed by atoms with Gasteiger partial charge in [0.15, 0.2) is 11.2 Å². The summed E-state index contributed by atoms with van der Waals surface area (Å²) in [4.78, 5) is 16.8. The fourth-order valence-electron chi connectivity index (χ4n) is 1.91. The molecular formula is C13H8N4O2. The van der Waals surface area contributed by atoms with Crippen molar-refractivity contribution in [2.45, 2.75) is 6.42 Å². The average Bonchev–Trinajstić information content (AvgIpc) is 3.00. The van der Waals surface area contributed by atoms with Gasteiger partial charge < -0.3 is 8.83 Å². The van der Waals surface area contributed by atoms with E-state index in [0.29, 0.717) is 35.1 Å². The summed E-state index contributed by atoms with van der Waals surface area (Å²) < 4.78 is 11.1. The Labute approximate surface area is 107 Å². The van der Waals surface area contributed by atoms with Gasteiger partial charge in [0.25, 0.3) is 0 Å². The first kappa shape index (κ1) is 10.2. The topological polar surface area (TPSA) is 77.8 Å². The maximum atomic E-state index is 5.57. The molecule has 0 fully saturated rings. The van der Waals surface area contributed by atoms with Gasteiger partial charge in [-0.2, -0.15) is 4.98 Å². The molecule has 0 amide bonds. The highest BCUT2D eigenvalue weighted by Gasteiger charge is 2.12. The third-order valence-corrected chi connectivity index (χ3v) is 2.72. The summed E-state index contributed by atoms with van der Waals surface area (Å²) in [5, 5.41) is 0. The number of hydrogen-bond acceptors (Lipinski definition) is 6. The van der Waals surface area contributed by atoms with Crippen molar-refractivity contribution in [3.8, 4) is 0 Å². The molecule has 0 radical (unpaired) electrons. The molecule has 0 saturated heterocycles. The van der Waals surface area contributed by atoms with Gasteiger partial charge in [0, 0.05) is 12.4 Å². The zero-order valence-corrected chi connectivity index (χ0v) is 9.78. The van der Waals surface area contributed by atoms with Crippen LogP contribution in [0.25, 0.3) is 22.5 Å². The van der Waals surface area contributed by atoms with Gasteiger partial charge in [-0.1, -0.05) is 0 Å². The first-order valence-electron chi connectivity index (χ1n) is 5.79. The fraction of sp³-hybridized carbons (Fsp3) is 0.0769. The molecule has 19 heavy (non-hydrogen) atoms. The van der Waals surface area contributed by atoms with Crippen LogP contribution in [0.2, 0.25) is 0 Å². The lowest BCUT2D eigenvalue weighted by Crippen LogP contribution is -1.87. The van der Waals surface area contributed by atoms with Crippen LogP contribution in [0.4, 0.5) is 0 Å². The number of fused-ring (bicyclic) bond motifs is 2. The Morgan fingerprint density at radius 1 is 0.895 bits per heavy atom. The number of nitrogens with zero attached hydrogens (tertiary/aromatic N) is 4. The van der Waals surface area contributed by atoms with Crippen LogP contribution in [0.1, 0.15) is 11.8 Å². The van der Waals surface area contributed by atoms with Crippen molar-refractivity contribution in [1.82, 2.24) is 19.9 Å². The number of pyridine rings is 2. The van der Waals surface area contributed by atoms with Crippen LogP contribution >= 0.6 is 0 Å². The van der Waals surface area contributed by atoms with Crippen molar-refractivity contribution >= 4 is 22.5 Å². The second-order valence-corrected chi connectivity index (χ2v) is 4.04. The lowest BCUT2D eigenvalue weighted by atomic mass is 10.4. The first-order valence-corrected chi connectivity index (χ1v) is 5.79. The van der Waals surface area contributed by atoms with E-state index in [1.54, 1.807) is 18.5 Å². The van der Waals surface area contributed by atoms with Gasteiger partial charge in [0.2, 0.25) is 17.5 Å². The van der Waals surface area contributed by atoms with E-state index in [-0.39, 0.29) is 0 Å². The van der Waals surface area contributed by atoms with E-state index in [1.165, 1.54) is 0 Å². The minimum atomic E-state index is 0.382. The van der Waals surface area contributed by atoms with Crippen molar-refractivity contribution in [2.75, 3.05) is 0 Å². The molecule has 0 unspecified atom stereocenters. The molecule has 4 heterocycles. The number of rotatable bonds is 2. The van der Waals surface area contributed by atoms with E-state index in [1.807, 2.05) is 18.2 Å². The average molecular weight is 252 g/mol. The Bertz CT molecular complexity index is 727. The summed E-state index contributed by atoms with van der Waals surface area (Å²) in [6.07, 6.45) is 3.73. The van der Waals surface area contributed by atoms with Crippen LogP contribution in [-0.2, 0) is 6.42 Å². The van der Waals surface area contributed by atoms with Gasteiger partial charge in [-0.05, 0) is 24.3 Å². The predicted octanol–water partition coefficient (Wildman–Crippen LogP) is 2.35. The predicted molar refractivity (Wildman–Crippen MR) is 66.4 cm³/mol. The highest BCUT2D eigenvalue weighted by Crippen LogP contribution is 2.18. The van der Waals surface area contributed by atoms with E-state index in [9.17, 15) is 0 Å². The molecule has 4 rings (SSSR count). The second-order valence-electron chi connectivity index (χ2n) is 4.04. The van der Waals surface area contributed by atoms with Crippen molar-refractivity contribution < 1.29 is 8.83 Å². The Morgan fingerprint density at radius 2 is 1.74 bits per heavy atom. The van der Waals surface area contributed by atoms with E-state index < -0.39 is 0 Å². The number of aromatic nitrogens is 4. The van der Waals surface area contributed by atoms with Crippen LogP contribution in [0.5, 0.6) is 0 Å². The standard InChI is InChI=1S/C13H8N4O2/c1-3-8-13(15-6-1)19-10(16-8)7-11-17-12-9(18-11)4-2-5-14-12/h1-6H,7H2. The molecule has 4 aromatic heterocycles. The lowest BCUT2D eigenvalue weighted by Gasteiger charge is -1.87. The Balaban J connectivity index is 1.73. The monoisotopic (exact) mass is 252 g/mol. The molecule has 0 aliphatic carbocycles. The summed E-state index contributed by atoms with van der Waals surface area (Å²) >= 11 is 0.